The monoisotopic (exact) mass is 345 g/mol. The maximum atomic E-state index is 12.5. The maximum Gasteiger partial charge on any atom is 0.406 e. The molecule has 1 aromatic rings. The van der Waals surface area contributed by atoms with Gasteiger partial charge in [0, 0.05) is 24.7 Å². The van der Waals surface area contributed by atoms with Gasteiger partial charge in [0.2, 0.25) is 5.91 Å². The first-order valence-corrected chi connectivity index (χ1v) is 7.42. The van der Waals surface area contributed by atoms with Crippen LogP contribution in [0.3, 0.4) is 0 Å². The van der Waals surface area contributed by atoms with E-state index in [1.54, 1.807) is 31.0 Å². The predicted molar refractivity (Wildman–Crippen MR) is 80.3 cm³/mol. The summed E-state index contributed by atoms with van der Waals surface area (Å²) in [5, 5.41) is 10.9. The lowest BCUT2D eigenvalue weighted by atomic mass is 10.0. The number of rotatable bonds is 5. The van der Waals surface area contributed by atoms with Gasteiger partial charge in [0.1, 0.15) is 6.54 Å². The lowest BCUT2D eigenvalue weighted by Gasteiger charge is -2.30. The molecule has 1 aliphatic heterocycles. The molecule has 0 saturated carbocycles. The number of alkyl halides is 3. The Hall–Kier alpha value is -2.16. The topological polar surface area (TPSA) is 66.7 Å². The number of likely N-dealkylation sites (tertiary alicyclic amines) is 1. The molecule has 1 amide bonds. The van der Waals surface area contributed by atoms with Gasteiger partial charge in [0.15, 0.2) is 0 Å². The Kier molecular flexibility index (Phi) is 5.12. The van der Waals surface area contributed by atoms with E-state index in [0.717, 1.165) is 4.90 Å². The van der Waals surface area contributed by atoms with Crippen molar-refractivity contribution in [3.63, 3.8) is 0 Å². The Balaban J connectivity index is 2.11. The quantitative estimate of drug-likeness (QED) is 0.608. The van der Waals surface area contributed by atoms with Crippen LogP contribution in [-0.2, 0) is 4.79 Å². The van der Waals surface area contributed by atoms with Gasteiger partial charge in [0.25, 0.3) is 5.69 Å². The number of hydrogen-bond donors (Lipinski definition) is 0. The molecule has 0 bridgehead atoms. The highest BCUT2D eigenvalue weighted by Crippen LogP contribution is 2.29. The molecular formula is C15H18F3N3O3. The molecule has 0 unspecified atom stereocenters. The van der Waals surface area contributed by atoms with Crippen molar-refractivity contribution in [1.29, 1.82) is 0 Å². The zero-order valence-corrected chi connectivity index (χ0v) is 13.3. The molecule has 0 radical (unpaired) electrons. The van der Waals surface area contributed by atoms with Gasteiger partial charge in [-0.2, -0.15) is 13.2 Å². The fourth-order valence-corrected chi connectivity index (χ4v) is 2.88. The van der Waals surface area contributed by atoms with Crippen LogP contribution in [0.5, 0.6) is 0 Å². The van der Waals surface area contributed by atoms with E-state index in [1.165, 1.54) is 12.1 Å². The third-order valence-electron chi connectivity index (χ3n) is 4.31. The number of halogens is 3. The number of nitrogens with zero attached hydrogens (tertiary/aromatic N) is 3. The largest absolute Gasteiger partial charge is 0.406 e. The molecule has 0 N–H and O–H groups in total. The molecule has 1 heterocycles. The summed E-state index contributed by atoms with van der Waals surface area (Å²) in [6.45, 7) is 0.565. The third-order valence-corrected chi connectivity index (χ3v) is 4.31. The summed E-state index contributed by atoms with van der Waals surface area (Å²) >= 11 is 0. The average molecular weight is 345 g/mol. The van der Waals surface area contributed by atoms with Crippen molar-refractivity contribution in [3.05, 3.63) is 39.9 Å². The number of amides is 1. The lowest BCUT2D eigenvalue weighted by Crippen LogP contribution is -2.43. The van der Waals surface area contributed by atoms with Crippen molar-refractivity contribution in [2.45, 2.75) is 31.6 Å². The van der Waals surface area contributed by atoms with Crippen LogP contribution in [0.4, 0.5) is 18.9 Å². The second-order valence-electron chi connectivity index (χ2n) is 5.87. The number of nitro groups is 1. The van der Waals surface area contributed by atoms with Gasteiger partial charge >= 0.3 is 6.18 Å². The highest BCUT2D eigenvalue weighted by molar-refractivity contribution is 5.84. The summed E-state index contributed by atoms with van der Waals surface area (Å²) in [4.78, 5) is 25.0. The van der Waals surface area contributed by atoms with E-state index < -0.39 is 29.6 Å². The summed E-state index contributed by atoms with van der Waals surface area (Å²) < 4.78 is 37.4. The molecular weight excluding hydrogens is 327 g/mol. The van der Waals surface area contributed by atoms with Gasteiger partial charge in [-0.3, -0.25) is 19.8 Å². The number of benzene rings is 1. The van der Waals surface area contributed by atoms with Gasteiger partial charge < -0.3 is 4.90 Å². The Morgan fingerprint density at radius 2 is 2.12 bits per heavy atom. The summed E-state index contributed by atoms with van der Waals surface area (Å²) in [6.07, 6.45) is -4.13. The summed E-state index contributed by atoms with van der Waals surface area (Å²) in [7, 11) is 1.64. The molecule has 0 aromatic heterocycles. The summed E-state index contributed by atoms with van der Waals surface area (Å²) in [5.74, 6) is -0.563. The van der Waals surface area contributed by atoms with E-state index in [4.69, 9.17) is 0 Å². The molecule has 132 valence electrons. The normalized spacial score (nSPS) is 19.8. The van der Waals surface area contributed by atoms with Crippen molar-refractivity contribution in [1.82, 2.24) is 9.80 Å². The van der Waals surface area contributed by atoms with E-state index in [-0.39, 0.29) is 18.3 Å². The standard InChI is InChI=1S/C15H18F3N3O3/c1-10(11-4-3-5-12(8-11)21(23)24)19(2)13-6-7-20(14(13)22)9-15(16,17)18/h3-5,8,10,13H,6-7,9H2,1-2H3/t10-,13-/m1/s1. The minimum atomic E-state index is -4.42. The highest BCUT2D eigenvalue weighted by atomic mass is 19.4. The molecule has 6 nitrogen and oxygen atoms in total. The minimum Gasteiger partial charge on any atom is -0.332 e. The smallest absolute Gasteiger partial charge is 0.332 e. The third kappa shape index (κ3) is 4.02. The van der Waals surface area contributed by atoms with Crippen molar-refractivity contribution in [2.24, 2.45) is 0 Å². The predicted octanol–water partition coefficient (Wildman–Crippen LogP) is 2.75. The van der Waals surface area contributed by atoms with Crippen LogP contribution in [0.25, 0.3) is 0 Å². The van der Waals surface area contributed by atoms with E-state index in [9.17, 15) is 28.1 Å². The van der Waals surface area contributed by atoms with Crippen LogP contribution in [-0.4, -0.2) is 53.0 Å². The molecule has 9 heteroatoms. The molecule has 0 spiro atoms. The van der Waals surface area contributed by atoms with Crippen LogP contribution in [0.15, 0.2) is 24.3 Å². The molecule has 1 fully saturated rings. The molecule has 0 aliphatic carbocycles. The van der Waals surface area contributed by atoms with Crippen molar-refractivity contribution in [3.8, 4) is 0 Å². The van der Waals surface area contributed by atoms with E-state index in [2.05, 4.69) is 0 Å². The molecule has 1 aromatic carbocycles. The number of carbonyl (C=O) groups excluding carboxylic acids is 1. The number of carbonyl (C=O) groups is 1. The van der Waals surface area contributed by atoms with Gasteiger partial charge in [-0.1, -0.05) is 12.1 Å². The fraction of sp³-hybridized carbons (Fsp3) is 0.533. The van der Waals surface area contributed by atoms with E-state index in [0.29, 0.717) is 12.0 Å². The second-order valence-corrected chi connectivity index (χ2v) is 5.87. The molecule has 1 aliphatic rings. The Morgan fingerprint density at radius 3 is 2.71 bits per heavy atom. The Bertz CT molecular complexity index is 636. The molecule has 24 heavy (non-hydrogen) atoms. The molecule has 2 rings (SSSR count). The Morgan fingerprint density at radius 1 is 1.46 bits per heavy atom. The van der Waals surface area contributed by atoms with Crippen LogP contribution in [0.2, 0.25) is 0 Å². The first kappa shape index (κ1) is 18.2. The van der Waals surface area contributed by atoms with E-state index in [1.807, 2.05) is 0 Å². The summed E-state index contributed by atoms with van der Waals surface area (Å²) in [5.41, 5.74) is 0.568. The first-order chi connectivity index (χ1) is 11.1. The summed E-state index contributed by atoms with van der Waals surface area (Å²) in [6, 6.07) is 5.01. The second kappa shape index (κ2) is 6.76. The van der Waals surface area contributed by atoms with Crippen molar-refractivity contribution in [2.75, 3.05) is 20.1 Å². The molecule has 1 saturated heterocycles. The van der Waals surface area contributed by atoms with Crippen LogP contribution in [0, 0.1) is 10.1 Å². The first-order valence-electron chi connectivity index (χ1n) is 7.42. The zero-order chi connectivity index (χ0) is 18.1. The van der Waals surface area contributed by atoms with Crippen LogP contribution >= 0.6 is 0 Å². The minimum absolute atomic E-state index is 0.0506. The number of likely N-dealkylation sites (N-methyl/N-ethyl adjacent to an activating group) is 1. The van der Waals surface area contributed by atoms with Crippen LogP contribution in [0.1, 0.15) is 24.9 Å². The van der Waals surface area contributed by atoms with Crippen molar-refractivity contribution < 1.29 is 22.9 Å². The van der Waals surface area contributed by atoms with Crippen LogP contribution < -0.4 is 0 Å². The number of hydrogen-bond acceptors (Lipinski definition) is 4. The molecule has 2 atom stereocenters. The van der Waals surface area contributed by atoms with Crippen molar-refractivity contribution >= 4 is 11.6 Å². The van der Waals surface area contributed by atoms with Gasteiger partial charge in [-0.05, 0) is 26.0 Å². The van der Waals surface area contributed by atoms with Gasteiger partial charge in [-0.15, -0.1) is 0 Å². The Labute approximate surface area is 137 Å². The average Bonchev–Trinajstić information content (AvgIpc) is 2.85. The van der Waals surface area contributed by atoms with Gasteiger partial charge in [0.05, 0.1) is 11.0 Å². The van der Waals surface area contributed by atoms with E-state index >= 15 is 0 Å². The zero-order valence-electron chi connectivity index (χ0n) is 13.3. The van der Waals surface area contributed by atoms with Gasteiger partial charge in [-0.25, -0.2) is 0 Å². The highest BCUT2D eigenvalue weighted by Gasteiger charge is 2.41. The number of nitro benzene ring substituents is 1. The fourth-order valence-electron chi connectivity index (χ4n) is 2.88. The maximum absolute atomic E-state index is 12.5. The SMILES string of the molecule is C[C@H](c1cccc([N+](=O)[O-])c1)N(C)[C@@H]1CCN(CC(F)(F)F)C1=O. The lowest BCUT2D eigenvalue weighted by molar-refractivity contribution is -0.384. The number of non-ortho nitro benzene ring substituents is 1.